The van der Waals surface area contributed by atoms with Crippen LogP contribution >= 0.6 is 0 Å². The molecule has 1 unspecified atom stereocenters. The number of carbonyl (C=O) groups excluding carboxylic acids is 1. The first-order valence-corrected chi connectivity index (χ1v) is 5.68. The van der Waals surface area contributed by atoms with Crippen molar-refractivity contribution >= 4 is 11.6 Å². The second kappa shape index (κ2) is 6.91. The molecule has 1 aromatic carbocycles. The fraction of sp³-hybridized carbons (Fsp3) is 0.462. The van der Waals surface area contributed by atoms with Gasteiger partial charge >= 0.3 is 0 Å². The monoisotopic (exact) mass is 236 g/mol. The maximum absolute atomic E-state index is 11.8. The lowest BCUT2D eigenvalue weighted by molar-refractivity contribution is -0.130. The zero-order chi connectivity index (χ0) is 12.7. The molecule has 0 spiro atoms. The summed E-state index contributed by atoms with van der Waals surface area (Å²) in [5, 5.41) is 3.09. The number of nitrogens with one attached hydrogen (secondary N) is 1. The van der Waals surface area contributed by atoms with E-state index in [-0.39, 0.29) is 11.9 Å². The molecule has 1 amide bonds. The third-order valence-corrected chi connectivity index (χ3v) is 2.68. The Bertz CT molecular complexity index is 341. The second-order valence-corrected chi connectivity index (χ2v) is 4.03. The molecule has 4 nitrogen and oxygen atoms in total. The first kappa shape index (κ1) is 13.5. The van der Waals surface area contributed by atoms with Gasteiger partial charge < -0.3 is 15.0 Å². The third kappa shape index (κ3) is 4.44. The molecule has 0 aliphatic heterocycles. The summed E-state index contributed by atoms with van der Waals surface area (Å²) < 4.78 is 5.02. The lowest BCUT2D eigenvalue weighted by Gasteiger charge is -2.24. The Kier molecular flexibility index (Phi) is 5.49. The standard InChI is InChI=1S/C13H20N2O2/c1-11(10-17-3)15(2)13(16)9-14-12-7-5-4-6-8-12/h4-8,11,14H,9-10H2,1-3H3. The van der Waals surface area contributed by atoms with Gasteiger partial charge in [-0.15, -0.1) is 0 Å². The third-order valence-electron chi connectivity index (χ3n) is 2.68. The summed E-state index contributed by atoms with van der Waals surface area (Å²) >= 11 is 0. The highest BCUT2D eigenvalue weighted by atomic mass is 16.5. The Morgan fingerprint density at radius 1 is 1.41 bits per heavy atom. The molecule has 17 heavy (non-hydrogen) atoms. The van der Waals surface area contributed by atoms with Gasteiger partial charge in [0.05, 0.1) is 19.2 Å². The van der Waals surface area contributed by atoms with Crippen LogP contribution in [0.1, 0.15) is 6.92 Å². The van der Waals surface area contributed by atoms with Crippen molar-refractivity contribution in [2.45, 2.75) is 13.0 Å². The van der Waals surface area contributed by atoms with Crippen LogP contribution in [0.5, 0.6) is 0 Å². The number of benzene rings is 1. The van der Waals surface area contributed by atoms with Gasteiger partial charge in [-0.05, 0) is 19.1 Å². The molecule has 1 aromatic rings. The Morgan fingerprint density at radius 3 is 2.65 bits per heavy atom. The number of anilines is 1. The van der Waals surface area contributed by atoms with E-state index in [4.69, 9.17) is 4.74 Å². The lowest BCUT2D eigenvalue weighted by Crippen LogP contribution is -2.40. The molecule has 0 radical (unpaired) electrons. The topological polar surface area (TPSA) is 41.6 Å². The number of rotatable bonds is 6. The number of amides is 1. The molecule has 0 saturated carbocycles. The molecule has 0 saturated heterocycles. The molecular weight excluding hydrogens is 216 g/mol. The van der Waals surface area contributed by atoms with Crippen molar-refractivity contribution in [3.63, 3.8) is 0 Å². The van der Waals surface area contributed by atoms with Crippen molar-refractivity contribution in [3.05, 3.63) is 30.3 Å². The average molecular weight is 236 g/mol. The SMILES string of the molecule is COCC(C)N(C)C(=O)CNc1ccccc1. The van der Waals surface area contributed by atoms with E-state index in [1.807, 2.05) is 37.3 Å². The van der Waals surface area contributed by atoms with Gasteiger partial charge in [0.15, 0.2) is 0 Å². The molecule has 0 aliphatic carbocycles. The number of hydrogen-bond donors (Lipinski definition) is 1. The first-order chi connectivity index (χ1) is 8.15. The molecule has 1 N–H and O–H groups in total. The van der Waals surface area contributed by atoms with Crippen LogP contribution in [0.4, 0.5) is 5.69 Å². The fourth-order valence-electron chi connectivity index (χ4n) is 1.46. The first-order valence-electron chi connectivity index (χ1n) is 5.68. The van der Waals surface area contributed by atoms with Crippen molar-refractivity contribution in [1.29, 1.82) is 0 Å². The Hall–Kier alpha value is -1.55. The molecular formula is C13H20N2O2. The normalized spacial score (nSPS) is 11.9. The van der Waals surface area contributed by atoms with Crippen molar-refractivity contribution < 1.29 is 9.53 Å². The summed E-state index contributed by atoms with van der Waals surface area (Å²) in [6.07, 6.45) is 0. The summed E-state index contributed by atoms with van der Waals surface area (Å²) in [5.41, 5.74) is 0.952. The lowest BCUT2D eigenvalue weighted by atomic mass is 10.3. The number of hydrogen-bond acceptors (Lipinski definition) is 3. The van der Waals surface area contributed by atoms with Crippen molar-refractivity contribution in [1.82, 2.24) is 4.90 Å². The zero-order valence-electron chi connectivity index (χ0n) is 10.6. The van der Waals surface area contributed by atoms with Crippen molar-refractivity contribution in [2.24, 2.45) is 0 Å². The molecule has 4 heteroatoms. The molecule has 94 valence electrons. The average Bonchev–Trinajstić information content (AvgIpc) is 2.36. The fourth-order valence-corrected chi connectivity index (χ4v) is 1.46. The van der Waals surface area contributed by atoms with Gasteiger partial charge in [-0.3, -0.25) is 4.79 Å². The number of carbonyl (C=O) groups is 1. The number of likely N-dealkylation sites (N-methyl/N-ethyl adjacent to an activating group) is 1. The van der Waals surface area contributed by atoms with Gasteiger partial charge in [0, 0.05) is 19.8 Å². The molecule has 1 rings (SSSR count). The van der Waals surface area contributed by atoms with Crippen molar-refractivity contribution in [2.75, 3.05) is 32.6 Å². The van der Waals surface area contributed by atoms with Gasteiger partial charge in [-0.2, -0.15) is 0 Å². The maximum atomic E-state index is 11.8. The van der Waals surface area contributed by atoms with Crippen molar-refractivity contribution in [3.8, 4) is 0 Å². The summed E-state index contributed by atoms with van der Waals surface area (Å²) in [7, 11) is 3.43. The molecule has 0 bridgehead atoms. The minimum atomic E-state index is 0.0541. The Balaban J connectivity index is 2.39. The van der Waals surface area contributed by atoms with E-state index in [0.29, 0.717) is 13.2 Å². The maximum Gasteiger partial charge on any atom is 0.241 e. The zero-order valence-corrected chi connectivity index (χ0v) is 10.6. The van der Waals surface area contributed by atoms with E-state index in [0.717, 1.165) is 5.69 Å². The number of nitrogens with zero attached hydrogens (tertiary/aromatic N) is 1. The van der Waals surface area contributed by atoms with E-state index >= 15 is 0 Å². The molecule has 0 aromatic heterocycles. The van der Waals surface area contributed by atoms with Crippen LogP contribution < -0.4 is 5.32 Å². The van der Waals surface area contributed by atoms with Crippen LogP contribution in [0, 0.1) is 0 Å². The van der Waals surface area contributed by atoms with Crippen LogP contribution in [0.3, 0.4) is 0 Å². The predicted octanol–water partition coefficient (Wildman–Crippen LogP) is 1.59. The van der Waals surface area contributed by atoms with E-state index in [9.17, 15) is 4.79 Å². The summed E-state index contributed by atoms with van der Waals surface area (Å²) in [5.74, 6) is 0.0541. The van der Waals surface area contributed by atoms with Gasteiger partial charge in [0.25, 0.3) is 0 Å². The number of ether oxygens (including phenoxy) is 1. The van der Waals surface area contributed by atoms with Crippen LogP contribution in [0.15, 0.2) is 30.3 Å². The van der Waals surface area contributed by atoms with Gasteiger partial charge in [0.1, 0.15) is 0 Å². The highest BCUT2D eigenvalue weighted by Gasteiger charge is 2.14. The largest absolute Gasteiger partial charge is 0.383 e. The van der Waals surface area contributed by atoms with Gasteiger partial charge in [-0.1, -0.05) is 18.2 Å². The van der Waals surface area contributed by atoms with E-state index in [2.05, 4.69) is 5.32 Å². The molecule has 0 aliphatic rings. The quantitative estimate of drug-likeness (QED) is 0.815. The number of para-hydroxylation sites is 1. The predicted molar refractivity (Wildman–Crippen MR) is 69.0 cm³/mol. The Morgan fingerprint density at radius 2 is 2.06 bits per heavy atom. The number of methoxy groups -OCH3 is 1. The summed E-state index contributed by atoms with van der Waals surface area (Å²) in [6.45, 7) is 2.81. The van der Waals surface area contributed by atoms with Crippen LogP contribution in [-0.4, -0.2) is 44.2 Å². The molecule has 0 heterocycles. The highest BCUT2D eigenvalue weighted by molar-refractivity contribution is 5.80. The highest BCUT2D eigenvalue weighted by Crippen LogP contribution is 2.05. The van der Waals surface area contributed by atoms with E-state index in [1.165, 1.54) is 0 Å². The molecule has 0 fully saturated rings. The van der Waals surface area contributed by atoms with Gasteiger partial charge in [0.2, 0.25) is 5.91 Å². The van der Waals surface area contributed by atoms with Crippen LogP contribution in [0.25, 0.3) is 0 Å². The summed E-state index contributed by atoms with van der Waals surface area (Å²) in [6, 6.07) is 9.77. The van der Waals surface area contributed by atoms with Crippen LogP contribution in [-0.2, 0) is 9.53 Å². The molecule has 1 atom stereocenters. The second-order valence-electron chi connectivity index (χ2n) is 4.03. The van der Waals surface area contributed by atoms with E-state index < -0.39 is 0 Å². The van der Waals surface area contributed by atoms with Gasteiger partial charge in [-0.25, -0.2) is 0 Å². The Labute approximate surface area is 103 Å². The van der Waals surface area contributed by atoms with Crippen LogP contribution in [0.2, 0.25) is 0 Å². The minimum absolute atomic E-state index is 0.0541. The van der Waals surface area contributed by atoms with E-state index in [1.54, 1.807) is 19.1 Å². The smallest absolute Gasteiger partial charge is 0.241 e. The summed E-state index contributed by atoms with van der Waals surface area (Å²) in [4.78, 5) is 13.5. The minimum Gasteiger partial charge on any atom is -0.383 e.